The van der Waals surface area contributed by atoms with E-state index in [4.69, 9.17) is 5.10 Å². The predicted octanol–water partition coefficient (Wildman–Crippen LogP) is 5.39. The van der Waals surface area contributed by atoms with Gasteiger partial charge in [-0.1, -0.05) is 91.0 Å². The SMILES string of the molecule is Cc1nn(C(c2ccccc2)(c2ccccc2)c2ccccc2)c(C)c1C(C)O. The van der Waals surface area contributed by atoms with Crippen molar-refractivity contribution in [2.45, 2.75) is 32.4 Å². The molecular weight excluding hydrogens is 356 g/mol. The highest BCUT2D eigenvalue weighted by atomic mass is 16.3. The maximum atomic E-state index is 10.4. The van der Waals surface area contributed by atoms with Crippen molar-refractivity contribution in [1.82, 2.24) is 9.78 Å². The smallest absolute Gasteiger partial charge is 0.138 e. The van der Waals surface area contributed by atoms with Crippen LogP contribution in [0.15, 0.2) is 91.0 Å². The van der Waals surface area contributed by atoms with Crippen LogP contribution < -0.4 is 0 Å². The first-order chi connectivity index (χ1) is 14.1. The van der Waals surface area contributed by atoms with Gasteiger partial charge in [0.15, 0.2) is 0 Å². The predicted molar refractivity (Wildman–Crippen MR) is 117 cm³/mol. The molecule has 1 aromatic heterocycles. The number of rotatable bonds is 5. The lowest BCUT2D eigenvalue weighted by Gasteiger charge is -2.37. The van der Waals surface area contributed by atoms with Gasteiger partial charge in [0.05, 0.1) is 11.8 Å². The molecule has 3 heteroatoms. The zero-order valence-corrected chi connectivity index (χ0v) is 17.1. The quantitative estimate of drug-likeness (QED) is 0.470. The van der Waals surface area contributed by atoms with E-state index in [1.807, 2.05) is 32.0 Å². The molecule has 0 spiro atoms. The summed E-state index contributed by atoms with van der Waals surface area (Å²) < 4.78 is 2.09. The molecule has 1 atom stereocenters. The van der Waals surface area contributed by atoms with Crippen molar-refractivity contribution in [1.29, 1.82) is 0 Å². The number of benzene rings is 3. The van der Waals surface area contributed by atoms with Gasteiger partial charge in [0, 0.05) is 11.3 Å². The average Bonchev–Trinajstić information content (AvgIpc) is 3.05. The minimum absolute atomic E-state index is 0.580. The van der Waals surface area contributed by atoms with Crippen molar-refractivity contribution in [3.8, 4) is 0 Å². The Bertz CT molecular complexity index is 987. The Hall–Kier alpha value is -3.17. The van der Waals surface area contributed by atoms with Gasteiger partial charge in [0.25, 0.3) is 0 Å². The molecular formula is C26H26N2O. The fourth-order valence-electron chi connectivity index (χ4n) is 4.49. The summed E-state index contributed by atoms with van der Waals surface area (Å²) in [5.41, 5.74) is 5.43. The fraction of sp³-hybridized carbons (Fsp3) is 0.192. The normalized spacial score (nSPS) is 12.7. The Morgan fingerprint density at radius 3 is 1.41 bits per heavy atom. The van der Waals surface area contributed by atoms with Crippen LogP contribution in [-0.4, -0.2) is 14.9 Å². The van der Waals surface area contributed by atoms with Gasteiger partial charge in [0.1, 0.15) is 5.54 Å². The molecule has 0 radical (unpaired) electrons. The maximum Gasteiger partial charge on any atom is 0.138 e. The van der Waals surface area contributed by atoms with E-state index >= 15 is 0 Å². The Morgan fingerprint density at radius 2 is 1.10 bits per heavy atom. The molecule has 1 heterocycles. The first kappa shape index (κ1) is 19.2. The molecule has 0 bridgehead atoms. The second-order valence-corrected chi connectivity index (χ2v) is 7.48. The minimum Gasteiger partial charge on any atom is -0.389 e. The van der Waals surface area contributed by atoms with Gasteiger partial charge >= 0.3 is 0 Å². The molecule has 3 nitrogen and oxygen atoms in total. The second-order valence-electron chi connectivity index (χ2n) is 7.48. The van der Waals surface area contributed by atoms with E-state index in [1.165, 1.54) is 0 Å². The second kappa shape index (κ2) is 7.69. The summed E-state index contributed by atoms with van der Waals surface area (Å²) in [5.74, 6) is 0. The largest absolute Gasteiger partial charge is 0.389 e. The molecule has 0 saturated heterocycles. The summed E-state index contributed by atoms with van der Waals surface area (Å²) >= 11 is 0. The van der Waals surface area contributed by atoms with E-state index in [-0.39, 0.29) is 0 Å². The number of nitrogens with zero attached hydrogens (tertiary/aromatic N) is 2. The monoisotopic (exact) mass is 382 g/mol. The molecule has 29 heavy (non-hydrogen) atoms. The zero-order valence-electron chi connectivity index (χ0n) is 17.1. The molecule has 1 N–H and O–H groups in total. The van der Waals surface area contributed by atoms with Crippen LogP contribution in [0.25, 0.3) is 0 Å². The van der Waals surface area contributed by atoms with Crippen LogP contribution in [0, 0.1) is 13.8 Å². The summed E-state index contributed by atoms with van der Waals surface area (Å²) in [5, 5.41) is 15.4. The van der Waals surface area contributed by atoms with E-state index in [0.29, 0.717) is 0 Å². The van der Waals surface area contributed by atoms with Gasteiger partial charge < -0.3 is 5.11 Å². The molecule has 1 unspecified atom stereocenters. The van der Waals surface area contributed by atoms with Crippen molar-refractivity contribution >= 4 is 0 Å². The lowest BCUT2D eigenvalue weighted by atomic mass is 9.77. The van der Waals surface area contributed by atoms with E-state index < -0.39 is 11.6 Å². The van der Waals surface area contributed by atoms with Crippen LogP contribution in [0.2, 0.25) is 0 Å². The van der Waals surface area contributed by atoms with Crippen LogP contribution in [0.4, 0.5) is 0 Å². The number of aromatic nitrogens is 2. The molecule has 3 aromatic carbocycles. The average molecular weight is 383 g/mol. The number of hydrogen-bond donors (Lipinski definition) is 1. The number of aliphatic hydroxyl groups is 1. The van der Waals surface area contributed by atoms with Gasteiger partial charge in [-0.2, -0.15) is 5.10 Å². The van der Waals surface area contributed by atoms with Gasteiger partial charge in [-0.15, -0.1) is 0 Å². The first-order valence-corrected chi connectivity index (χ1v) is 9.98. The van der Waals surface area contributed by atoms with Gasteiger partial charge in [-0.05, 0) is 37.5 Å². The third-order valence-electron chi connectivity index (χ3n) is 5.66. The topological polar surface area (TPSA) is 38.0 Å². The van der Waals surface area contributed by atoms with Crippen LogP contribution in [-0.2, 0) is 5.54 Å². The molecule has 0 amide bonds. The zero-order chi connectivity index (χ0) is 20.4. The highest BCUT2D eigenvalue weighted by Gasteiger charge is 2.41. The first-order valence-electron chi connectivity index (χ1n) is 9.98. The fourth-order valence-corrected chi connectivity index (χ4v) is 4.49. The van der Waals surface area contributed by atoms with Crippen molar-refractivity contribution in [2.24, 2.45) is 0 Å². The Labute approximate surface area is 172 Å². The van der Waals surface area contributed by atoms with Gasteiger partial charge in [-0.25, -0.2) is 4.68 Å². The third kappa shape index (κ3) is 3.08. The highest BCUT2D eigenvalue weighted by Crippen LogP contribution is 2.42. The molecule has 0 aliphatic carbocycles. The van der Waals surface area contributed by atoms with Crippen molar-refractivity contribution in [2.75, 3.05) is 0 Å². The Balaban J connectivity index is 2.17. The van der Waals surface area contributed by atoms with E-state index in [2.05, 4.69) is 77.5 Å². The molecule has 146 valence electrons. The lowest BCUT2D eigenvalue weighted by Crippen LogP contribution is -2.39. The van der Waals surface area contributed by atoms with Crippen molar-refractivity contribution < 1.29 is 5.11 Å². The summed E-state index contributed by atoms with van der Waals surface area (Å²) in [6, 6.07) is 31.4. The number of aryl methyl sites for hydroxylation is 1. The summed E-state index contributed by atoms with van der Waals surface area (Å²) in [6.07, 6.45) is -0.580. The van der Waals surface area contributed by atoms with Gasteiger partial charge in [0.2, 0.25) is 0 Å². The van der Waals surface area contributed by atoms with Crippen LogP contribution in [0.5, 0.6) is 0 Å². The van der Waals surface area contributed by atoms with Crippen LogP contribution >= 0.6 is 0 Å². The highest BCUT2D eigenvalue weighted by molar-refractivity contribution is 5.51. The van der Waals surface area contributed by atoms with Gasteiger partial charge in [-0.3, -0.25) is 0 Å². The van der Waals surface area contributed by atoms with Crippen LogP contribution in [0.3, 0.4) is 0 Å². The summed E-state index contributed by atoms with van der Waals surface area (Å²) in [6.45, 7) is 5.82. The molecule has 0 saturated carbocycles. The molecule has 4 rings (SSSR count). The molecule has 0 aliphatic heterocycles. The third-order valence-corrected chi connectivity index (χ3v) is 5.66. The van der Waals surface area contributed by atoms with E-state index in [1.54, 1.807) is 6.92 Å². The molecule has 0 fully saturated rings. The summed E-state index contributed by atoms with van der Waals surface area (Å²) in [4.78, 5) is 0. The number of hydrogen-bond acceptors (Lipinski definition) is 2. The van der Waals surface area contributed by atoms with Crippen LogP contribution in [0.1, 0.15) is 46.7 Å². The maximum absolute atomic E-state index is 10.4. The minimum atomic E-state index is -0.647. The summed E-state index contributed by atoms with van der Waals surface area (Å²) in [7, 11) is 0. The Morgan fingerprint density at radius 1 is 0.724 bits per heavy atom. The van der Waals surface area contributed by atoms with Crippen molar-refractivity contribution in [3.05, 3.63) is 125 Å². The number of aliphatic hydroxyl groups excluding tert-OH is 1. The van der Waals surface area contributed by atoms with E-state index in [0.717, 1.165) is 33.6 Å². The standard InChI is InChI=1S/C26H26N2O/c1-19-25(21(3)29)20(2)28(27-19)26(22-13-7-4-8-14-22,23-15-9-5-10-16-23)24-17-11-6-12-18-24/h4-18,21,29H,1-3H3. The Kier molecular flexibility index (Phi) is 5.08. The van der Waals surface area contributed by atoms with Crippen molar-refractivity contribution in [3.63, 3.8) is 0 Å². The lowest BCUT2D eigenvalue weighted by molar-refractivity contribution is 0.197. The van der Waals surface area contributed by atoms with E-state index in [9.17, 15) is 5.11 Å². The molecule has 4 aromatic rings. The molecule has 0 aliphatic rings.